The molecule has 0 bridgehead atoms. The molecule has 0 saturated carbocycles. The van der Waals surface area contributed by atoms with Crippen LogP contribution in [0.15, 0.2) is 18.5 Å². The fraction of sp³-hybridized carbons (Fsp3) is 0.538. The molecule has 0 amide bonds. The molecule has 2 N–H and O–H groups in total. The van der Waals surface area contributed by atoms with E-state index in [-0.39, 0.29) is 5.54 Å². The van der Waals surface area contributed by atoms with Crippen molar-refractivity contribution in [2.24, 2.45) is 0 Å². The Kier molecular flexibility index (Phi) is 2.70. The molecule has 0 atom stereocenters. The van der Waals surface area contributed by atoms with Crippen LogP contribution in [0, 0.1) is 0 Å². The minimum atomic E-state index is 0.266. The number of aromatic amines is 1. The zero-order valence-electron chi connectivity index (χ0n) is 10.9. The molecule has 0 radical (unpaired) electrons. The van der Waals surface area contributed by atoms with Crippen molar-refractivity contribution < 1.29 is 0 Å². The Bertz CT molecular complexity index is 539. The maximum atomic E-state index is 4.64. The van der Waals surface area contributed by atoms with Gasteiger partial charge in [-0.3, -0.25) is 0 Å². The molecular formula is C13H19N5. The van der Waals surface area contributed by atoms with Crippen LogP contribution >= 0.6 is 0 Å². The van der Waals surface area contributed by atoms with Crippen molar-refractivity contribution in [2.75, 3.05) is 25.0 Å². The lowest BCUT2D eigenvalue weighted by Crippen LogP contribution is -2.50. The Labute approximate surface area is 107 Å². The normalized spacial score (nSPS) is 19.3. The van der Waals surface area contributed by atoms with Crippen molar-refractivity contribution in [1.82, 2.24) is 20.3 Å². The number of nitrogens with zero attached hydrogens (tertiary/aromatic N) is 3. The summed E-state index contributed by atoms with van der Waals surface area (Å²) < 4.78 is 0. The Balaban J connectivity index is 1.79. The first kappa shape index (κ1) is 11.5. The minimum absolute atomic E-state index is 0.266. The summed E-state index contributed by atoms with van der Waals surface area (Å²) in [7, 11) is 2.04. The molecule has 3 heterocycles. The van der Waals surface area contributed by atoms with Crippen LogP contribution in [0.3, 0.4) is 0 Å². The van der Waals surface area contributed by atoms with E-state index in [1.165, 1.54) is 0 Å². The first-order chi connectivity index (χ1) is 8.70. The molecule has 1 aliphatic rings. The summed E-state index contributed by atoms with van der Waals surface area (Å²) in [6.45, 7) is 4.34. The molecule has 0 aliphatic carbocycles. The van der Waals surface area contributed by atoms with Gasteiger partial charge in [0, 0.05) is 24.8 Å². The van der Waals surface area contributed by atoms with Gasteiger partial charge in [0.25, 0.3) is 0 Å². The number of nitrogens with one attached hydrogen (secondary N) is 2. The van der Waals surface area contributed by atoms with Crippen molar-refractivity contribution in [3.05, 3.63) is 18.5 Å². The second kappa shape index (κ2) is 4.24. The summed E-state index contributed by atoms with van der Waals surface area (Å²) in [6.07, 6.45) is 6.01. The van der Waals surface area contributed by atoms with E-state index >= 15 is 0 Å². The Hall–Kier alpha value is -1.62. The molecule has 3 rings (SSSR count). The molecule has 0 aromatic carbocycles. The van der Waals surface area contributed by atoms with Crippen LogP contribution < -0.4 is 10.2 Å². The zero-order valence-corrected chi connectivity index (χ0v) is 10.9. The van der Waals surface area contributed by atoms with E-state index in [4.69, 9.17) is 0 Å². The zero-order chi connectivity index (χ0) is 12.6. The molecule has 1 fully saturated rings. The van der Waals surface area contributed by atoms with Crippen molar-refractivity contribution in [1.29, 1.82) is 0 Å². The van der Waals surface area contributed by atoms with Gasteiger partial charge < -0.3 is 15.2 Å². The molecule has 2 aromatic rings. The molecule has 2 aromatic heterocycles. The van der Waals surface area contributed by atoms with Gasteiger partial charge in [-0.25, -0.2) is 9.97 Å². The van der Waals surface area contributed by atoms with Crippen LogP contribution in [-0.4, -0.2) is 40.6 Å². The van der Waals surface area contributed by atoms with Crippen LogP contribution in [-0.2, 0) is 0 Å². The van der Waals surface area contributed by atoms with E-state index in [2.05, 4.69) is 32.1 Å². The van der Waals surface area contributed by atoms with Crippen LogP contribution in [0.1, 0.15) is 19.8 Å². The molecule has 0 spiro atoms. The highest BCUT2D eigenvalue weighted by Gasteiger charge is 2.28. The minimum Gasteiger partial charge on any atom is -0.355 e. The van der Waals surface area contributed by atoms with Crippen molar-refractivity contribution in [2.45, 2.75) is 25.3 Å². The summed E-state index contributed by atoms with van der Waals surface area (Å²) >= 11 is 0. The number of anilines is 1. The molecule has 1 saturated heterocycles. The molecular weight excluding hydrogens is 226 g/mol. The lowest BCUT2D eigenvalue weighted by molar-refractivity contribution is 0.304. The van der Waals surface area contributed by atoms with Gasteiger partial charge in [-0.2, -0.15) is 0 Å². The van der Waals surface area contributed by atoms with Crippen molar-refractivity contribution >= 4 is 17.0 Å². The maximum Gasteiger partial charge on any atom is 0.156 e. The fourth-order valence-electron chi connectivity index (χ4n) is 2.45. The third-order valence-corrected chi connectivity index (χ3v) is 4.04. The standard InChI is InChI=1S/C13H19N5/c1-13(14-2)4-7-18(8-5-13)11-9-16-12-10(17-11)3-6-15-12/h3,6,9,14H,4-5,7-8H2,1-2H3,(H,15,16). The van der Waals surface area contributed by atoms with Crippen LogP contribution in [0.2, 0.25) is 0 Å². The van der Waals surface area contributed by atoms with Gasteiger partial charge in [-0.05, 0) is 32.9 Å². The predicted octanol–water partition coefficient (Wildman–Crippen LogP) is 1.54. The summed E-state index contributed by atoms with van der Waals surface area (Å²) in [5.41, 5.74) is 2.06. The number of H-pyrrole nitrogens is 1. The van der Waals surface area contributed by atoms with Crippen LogP contribution in [0.5, 0.6) is 0 Å². The van der Waals surface area contributed by atoms with E-state index in [0.29, 0.717) is 0 Å². The summed E-state index contributed by atoms with van der Waals surface area (Å²) in [4.78, 5) is 14.4. The lowest BCUT2D eigenvalue weighted by Gasteiger charge is -2.39. The number of piperidine rings is 1. The molecule has 18 heavy (non-hydrogen) atoms. The highest BCUT2D eigenvalue weighted by molar-refractivity contribution is 5.72. The summed E-state index contributed by atoms with van der Waals surface area (Å²) in [5.74, 6) is 0.986. The number of aromatic nitrogens is 3. The largest absolute Gasteiger partial charge is 0.355 e. The number of hydrogen-bond acceptors (Lipinski definition) is 4. The molecule has 0 unspecified atom stereocenters. The van der Waals surface area contributed by atoms with Crippen LogP contribution in [0.4, 0.5) is 5.82 Å². The topological polar surface area (TPSA) is 56.8 Å². The van der Waals surface area contributed by atoms with Gasteiger partial charge in [0.2, 0.25) is 0 Å². The average Bonchev–Trinajstić information content (AvgIpc) is 2.87. The van der Waals surface area contributed by atoms with E-state index in [0.717, 1.165) is 42.9 Å². The van der Waals surface area contributed by atoms with E-state index in [9.17, 15) is 0 Å². The highest BCUT2D eigenvalue weighted by atomic mass is 15.2. The number of rotatable bonds is 2. The van der Waals surface area contributed by atoms with E-state index in [1.54, 1.807) is 0 Å². The maximum absolute atomic E-state index is 4.64. The number of hydrogen-bond donors (Lipinski definition) is 2. The van der Waals surface area contributed by atoms with E-state index in [1.807, 2.05) is 25.5 Å². The van der Waals surface area contributed by atoms with Crippen LogP contribution in [0.25, 0.3) is 11.2 Å². The van der Waals surface area contributed by atoms with Crippen molar-refractivity contribution in [3.63, 3.8) is 0 Å². The third kappa shape index (κ3) is 1.95. The SMILES string of the molecule is CNC1(C)CCN(c2cnc3[nH]ccc3n2)CC1. The van der Waals surface area contributed by atoms with Crippen molar-refractivity contribution in [3.8, 4) is 0 Å². The van der Waals surface area contributed by atoms with Gasteiger partial charge in [0.05, 0.1) is 6.20 Å². The first-order valence-electron chi connectivity index (χ1n) is 6.44. The quantitative estimate of drug-likeness (QED) is 0.842. The summed E-state index contributed by atoms with van der Waals surface area (Å²) in [5, 5.41) is 3.41. The molecule has 5 heteroatoms. The second-order valence-corrected chi connectivity index (χ2v) is 5.24. The number of fused-ring (bicyclic) bond motifs is 1. The Morgan fingerprint density at radius 1 is 1.39 bits per heavy atom. The van der Waals surface area contributed by atoms with Gasteiger partial charge >= 0.3 is 0 Å². The van der Waals surface area contributed by atoms with Gasteiger partial charge in [0.15, 0.2) is 5.65 Å². The van der Waals surface area contributed by atoms with Gasteiger partial charge in [-0.15, -0.1) is 0 Å². The molecule has 96 valence electrons. The predicted molar refractivity (Wildman–Crippen MR) is 72.8 cm³/mol. The third-order valence-electron chi connectivity index (χ3n) is 4.04. The second-order valence-electron chi connectivity index (χ2n) is 5.24. The van der Waals surface area contributed by atoms with Gasteiger partial charge in [0.1, 0.15) is 11.3 Å². The Morgan fingerprint density at radius 2 is 2.17 bits per heavy atom. The monoisotopic (exact) mass is 245 g/mol. The fourth-order valence-corrected chi connectivity index (χ4v) is 2.45. The van der Waals surface area contributed by atoms with E-state index < -0.39 is 0 Å². The smallest absolute Gasteiger partial charge is 0.156 e. The lowest BCUT2D eigenvalue weighted by atomic mass is 9.90. The average molecular weight is 245 g/mol. The summed E-state index contributed by atoms with van der Waals surface area (Å²) in [6, 6.07) is 1.97. The highest BCUT2D eigenvalue weighted by Crippen LogP contribution is 2.24. The molecule has 5 nitrogen and oxygen atoms in total. The first-order valence-corrected chi connectivity index (χ1v) is 6.44. The Morgan fingerprint density at radius 3 is 2.89 bits per heavy atom. The van der Waals surface area contributed by atoms with Gasteiger partial charge in [-0.1, -0.05) is 0 Å². The molecule has 1 aliphatic heterocycles.